The fourth-order valence-corrected chi connectivity index (χ4v) is 1.86. The highest BCUT2D eigenvalue weighted by Crippen LogP contribution is 2.25. The Morgan fingerprint density at radius 2 is 1.94 bits per heavy atom. The molecule has 0 spiro atoms. The number of nitrogens with two attached hydrogens (primary N) is 1. The van der Waals surface area contributed by atoms with Gasteiger partial charge in [0.2, 0.25) is 0 Å². The highest BCUT2D eigenvalue weighted by atomic mass is 19.2. The lowest BCUT2D eigenvalue weighted by atomic mass is 10.1. The molecule has 1 aromatic carbocycles. The zero-order chi connectivity index (χ0) is 13.7. The van der Waals surface area contributed by atoms with Crippen molar-refractivity contribution in [2.45, 2.75) is 32.9 Å². The van der Waals surface area contributed by atoms with Gasteiger partial charge in [0.15, 0.2) is 11.6 Å². The van der Waals surface area contributed by atoms with Gasteiger partial charge in [-0.3, -0.25) is 0 Å². The maximum atomic E-state index is 14.0. The van der Waals surface area contributed by atoms with Crippen molar-refractivity contribution in [2.24, 2.45) is 5.73 Å². The molecule has 0 aliphatic rings. The van der Waals surface area contributed by atoms with Crippen LogP contribution in [0.5, 0.6) is 0 Å². The lowest BCUT2D eigenvalue weighted by Crippen LogP contribution is -2.33. The van der Waals surface area contributed by atoms with Crippen molar-refractivity contribution >= 4 is 5.69 Å². The third-order valence-corrected chi connectivity index (χ3v) is 2.85. The maximum Gasteiger partial charge on any atom is 0.182 e. The molecule has 1 aromatic rings. The van der Waals surface area contributed by atoms with Gasteiger partial charge in [-0.05, 0) is 26.3 Å². The molecule has 0 aliphatic carbocycles. The number of anilines is 1. The summed E-state index contributed by atoms with van der Waals surface area (Å²) in [4.78, 5) is 1.73. The SMILES string of the molecule is CC(C)N(CCCO)c1ccc(CN)c(F)c1F. The molecule has 0 aromatic heterocycles. The molecule has 0 unspecified atom stereocenters. The fraction of sp³-hybridized carbons (Fsp3) is 0.538. The predicted molar refractivity (Wildman–Crippen MR) is 68.4 cm³/mol. The van der Waals surface area contributed by atoms with E-state index in [0.717, 1.165) is 0 Å². The van der Waals surface area contributed by atoms with E-state index in [1.165, 1.54) is 12.1 Å². The Bertz CT molecular complexity index is 397. The molecule has 0 radical (unpaired) electrons. The zero-order valence-corrected chi connectivity index (χ0v) is 10.8. The highest BCUT2D eigenvalue weighted by molar-refractivity contribution is 5.50. The van der Waals surface area contributed by atoms with Crippen LogP contribution < -0.4 is 10.6 Å². The summed E-state index contributed by atoms with van der Waals surface area (Å²) < 4.78 is 27.6. The first-order valence-electron chi connectivity index (χ1n) is 6.07. The number of aliphatic hydroxyl groups is 1. The van der Waals surface area contributed by atoms with Crippen LogP contribution in [0.4, 0.5) is 14.5 Å². The molecule has 0 atom stereocenters. The Morgan fingerprint density at radius 3 is 2.44 bits per heavy atom. The molecule has 0 bridgehead atoms. The molecule has 0 amide bonds. The van der Waals surface area contributed by atoms with E-state index in [2.05, 4.69) is 0 Å². The fourth-order valence-electron chi connectivity index (χ4n) is 1.86. The van der Waals surface area contributed by atoms with E-state index in [1.807, 2.05) is 13.8 Å². The molecule has 5 heteroatoms. The summed E-state index contributed by atoms with van der Waals surface area (Å²) in [6.07, 6.45) is 0.512. The molecule has 0 aliphatic heterocycles. The number of hydrogen-bond donors (Lipinski definition) is 2. The standard InChI is InChI=1S/C13H20F2N2O/c1-9(2)17(6-3-7-18)11-5-4-10(8-16)12(14)13(11)15/h4-5,9,18H,3,6-8,16H2,1-2H3. The van der Waals surface area contributed by atoms with Crippen molar-refractivity contribution in [3.8, 4) is 0 Å². The van der Waals surface area contributed by atoms with Crippen LogP contribution in [0, 0.1) is 11.6 Å². The van der Waals surface area contributed by atoms with Crippen molar-refractivity contribution in [1.29, 1.82) is 0 Å². The summed E-state index contributed by atoms with van der Waals surface area (Å²) in [5.74, 6) is -1.76. The van der Waals surface area contributed by atoms with Crippen LogP contribution in [0.3, 0.4) is 0 Å². The first kappa shape index (κ1) is 14.9. The summed E-state index contributed by atoms with van der Waals surface area (Å²) in [6, 6.07) is 3.06. The van der Waals surface area contributed by atoms with Gasteiger partial charge in [-0.15, -0.1) is 0 Å². The molecular formula is C13H20F2N2O. The summed E-state index contributed by atoms with van der Waals surface area (Å²) in [5.41, 5.74) is 5.72. The van der Waals surface area contributed by atoms with Gasteiger partial charge < -0.3 is 15.7 Å². The lowest BCUT2D eigenvalue weighted by molar-refractivity contribution is 0.288. The van der Waals surface area contributed by atoms with E-state index in [9.17, 15) is 8.78 Å². The second-order valence-corrected chi connectivity index (χ2v) is 4.44. The maximum absolute atomic E-state index is 14.0. The van der Waals surface area contributed by atoms with E-state index >= 15 is 0 Å². The monoisotopic (exact) mass is 258 g/mol. The molecule has 102 valence electrons. The molecule has 1 rings (SSSR count). The van der Waals surface area contributed by atoms with Crippen LogP contribution in [-0.4, -0.2) is 24.3 Å². The third-order valence-electron chi connectivity index (χ3n) is 2.85. The normalized spacial score (nSPS) is 11.1. The summed E-state index contributed by atoms with van der Waals surface area (Å²) in [5, 5.41) is 8.84. The Morgan fingerprint density at radius 1 is 1.28 bits per heavy atom. The van der Waals surface area contributed by atoms with Crippen molar-refractivity contribution in [3.05, 3.63) is 29.3 Å². The van der Waals surface area contributed by atoms with Gasteiger partial charge in [0, 0.05) is 31.3 Å². The van der Waals surface area contributed by atoms with E-state index < -0.39 is 11.6 Å². The number of nitrogens with zero attached hydrogens (tertiary/aromatic N) is 1. The van der Waals surface area contributed by atoms with Gasteiger partial charge in [0.25, 0.3) is 0 Å². The first-order valence-corrected chi connectivity index (χ1v) is 6.07. The first-order chi connectivity index (χ1) is 8.52. The van der Waals surface area contributed by atoms with Crippen molar-refractivity contribution in [2.75, 3.05) is 18.1 Å². The minimum Gasteiger partial charge on any atom is -0.396 e. The lowest BCUT2D eigenvalue weighted by Gasteiger charge is -2.29. The van der Waals surface area contributed by atoms with E-state index in [4.69, 9.17) is 10.8 Å². The van der Waals surface area contributed by atoms with Crippen LogP contribution in [0.15, 0.2) is 12.1 Å². The van der Waals surface area contributed by atoms with Gasteiger partial charge in [0.1, 0.15) is 0 Å². The number of hydrogen-bond acceptors (Lipinski definition) is 3. The molecule has 3 N–H and O–H groups in total. The van der Waals surface area contributed by atoms with Gasteiger partial charge >= 0.3 is 0 Å². The molecule has 0 heterocycles. The van der Waals surface area contributed by atoms with Crippen molar-refractivity contribution < 1.29 is 13.9 Å². The molecule has 0 saturated carbocycles. The Hall–Kier alpha value is -1.20. The molecular weight excluding hydrogens is 238 g/mol. The molecule has 0 fully saturated rings. The van der Waals surface area contributed by atoms with Gasteiger partial charge in [-0.2, -0.15) is 0 Å². The Kier molecular flexibility index (Phi) is 5.50. The molecule has 0 saturated heterocycles. The smallest absolute Gasteiger partial charge is 0.182 e. The van der Waals surface area contributed by atoms with Crippen LogP contribution >= 0.6 is 0 Å². The number of aliphatic hydroxyl groups excluding tert-OH is 1. The quantitative estimate of drug-likeness (QED) is 0.820. The van der Waals surface area contributed by atoms with Crippen LogP contribution in [0.25, 0.3) is 0 Å². The van der Waals surface area contributed by atoms with E-state index in [1.54, 1.807) is 4.90 Å². The second kappa shape index (κ2) is 6.66. The van der Waals surface area contributed by atoms with E-state index in [-0.39, 0.29) is 30.4 Å². The van der Waals surface area contributed by atoms with Gasteiger partial charge in [-0.1, -0.05) is 6.07 Å². The average molecular weight is 258 g/mol. The topological polar surface area (TPSA) is 49.5 Å². The Balaban J connectivity index is 3.09. The predicted octanol–water partition coefficient (Wildman–Crippen LogP) is 2.02. The third kappa shape index (κ3) is 3.17. The van der Waals surface area contributed by atoms with Gasteiger partial charge in [-0.25, -0.2) is 8.78 Å². The van der Waals surface area contributed by atoms with E-state index in [0.29, 0.717) is 13.0 Å². The van der Waals surface area contributed by atoms with Crippen molar-refractivity contribution in [3.63, 3.8) is 0 Å². The highest BCUT2D eigenvalue weighted by Gasteiger charge is 2.19. The molecule has 3 nitrogen and oxygen atoms in total. The zero-order valence-electron chi connectivity index (χ0n) is 10.8. The number of benzene rings is 1. The van der Waals surface area contributed by atoms with Crippen molar-refractivity contribution in [1.82, 2.24) is 0 Å². The van der Waals surface area contributed by atoms with Crippen LogP contribution in [0.2, 0.25) is 0 Å². The summed E-state index contributed by atoms with van der Waals surface area (Å²) in [6.45, 7) is 4.26. The Labute approximate surface area is 106 Å². The summed E-state index contributed by atoms with van der Waals surface area (Å²) in [7, 11) is 0. The second-order valence-electron chi connectivity index (χ2n) is 4.44. The van der Waals surface area contributed by atoms with Crippen LogP contribution in [0.1, 0.15) is 25.8 Å². The van der Waals surface area contributed by atoms with Crippen LogP contribution in [-0.2, 0) is 6.54 Å². The largest absolute Gasteiger partial charge is 0.396 e. The minimum absolute atomic E-state index is 0.0220. The molecule has 18 heavy (non-hydrogen) atoms. The number of rotatable bonds is 6. The summed E-state index contributed by atoms with van der Waals surface area (Å²) >= 11 is 0. The van der Waals surface area contributed by atoms with Gasteiger partial charge in [0.05, 0.1) is 5.69 Å². The number of halogens is 2. The minimum atomic E-state index is -0.885. The average Bonchev–Trinajstić information content (AvgIpc) is 2.34.